The van der Waals surface area contributed by atoms with Crippen molar-refractivity contribution in [2.24, 2.45) is 0 Å². The van der Waals surface area contributed by atoms with Crippen molar-refractivity contribution in [1.29, 1.82) is 0 Å². The van der Waals surface area contributed by atoms with E-state index in [1.54, 1.807) is 18.2 Å². The van der Waals surface area contributed by atoms with Gasteiger partial charge in [0.2, 0.25) is 5.78 Å². The van der Waals surface area contributed by atoms with Gasteiger partial charge in [0, 0.05) is 17.5 Å². The fourth-order valence-corrected chi connectivity index (χ4v) is 2.21. The number of ketones is 1. The number of aromatic amines is 1. The molecule has 0 aliphatic heterocycles. The zero-order valence-corrected chi connectivity index (χ0v) is 12.6. The van der Waals surface area contributed by atoms with Crippen molar-refractivity contribution in [3.63, 3.8) is 0 Å². The Morgan fingerprint density at radius 1 is 1.30 bits per heavy atom. The molecule has 0 spiro atoms. The van der Waals surface area contributed by atoms with E-state index in [-0.39, 0.29) is 11.6 Å². The van der Waals surface area contributed by atoms with Gasteiger partial charge in [-0.15, -0.1) is 0 Å². The number of hydrogen-bond donors (Lipinski definition) is 2. The summed E-state index contributed by atoms with van der Waals surface area (Å²) in [6.45, 7) is 0. The highest BCUT2D eigenvalue weighted by molar-refractivity contribution is 6.30. The van der Waals surface area contributed by atoms with Crippen molar-refractivity contribution in [3.05, 3.63) is 76.7 Å². The number of aromatic nitrogens is 3. The first-order valence-corrected chi connectivity index (χ1v) is 7.13. The van der Waals surface area contributed by atoms with Crippen LogP contribution in [0.25, 0.3) is 5.76 Å². The predicted octanol–water partition coefficient (Wildman–Crippen LogP) is 3.42. The third-order valence-electron chi connectivity index (χ3n) is 3.22. The molecule has 0 amide bonds. The SMILES string of the molecule is O=C(C=C(O)c1ccoc1Cc1ccc(Cl)cc1)c1ncn[nH]1. The molecule has 0 atom stereocenters. The van der Waals surface area contributed by atoms with E-state index in [1.165, 1.54) is 12.6 Å². The zero-order valence-electron chi connectivity index (χ0n) is 11.9. The van der Waals surface area contributed by atoms with E-state index in [1.807, 2.05) is 12.1 Å². The van der Waals surface area contributed by atoms with Crippen LogP contribution in [0.3, 0.4) is 0 Å². The first kappa shape index (κ1) is 15.1. The highest BCUT2D eigenvalue weighted by Crippen LogP contribution is 2.22. The standard InChI is InChI=1S/C16H12ClN3O3/c17-11-3-1-10(2-4-11)7-15-12(5-6-23-15)13(21)8-14(22)16-18-9-19-20-16/h1-6,8-9,21H,7H2,(H,18,19,20). The van der Waals surface area contributed by atoms with E-state index in [2.05, 4.69) is 15.2 Å². The van der Waals surface area contributed by atoms with Crippen molar-refractivity contribution in [3.8, 4) is 0 Å². The van der Waals surface area contributed by atoms with Crippen LogP contribution in [0.4, 0.5) is 0 Å². The van der Waals surface area contributed by atoms with Crippen LogP contribution in [0.1, 0.15) is 27.5 Å². The first-order valence-electron chi connectivity index (χ1n) is 6.75. The van der Waals surface area contributed by atoms with Crippen molar-refractivity contribution in [2.45, 2.75) is 6.42 Å². The van der Waals surface area contributed by atoms with Crippen LogP contribution in [0.15, 0.2) is 53.4 Å². The maximum absolute atomic E-state index is 11.9. The average molecular weight is 330 g/mol. The monoisotopic (exact) mass is 329 g/mol. The van der Waals surface area contributed by atoms with Gasteiger partial charge in [-0.05, 0) is 23.8 Å². The molecule has 0 saturated carbocycles. The van der Waals surface area contributed by atoms with E-state index < -0.39 is 5.78 Å². The molecule has 3 aromatic rings. The molecule has 2 heterocycles. The van der Waals surface area contributed by atoms with Gasteiger partial charge in [-0.1, -0.05) is 23.7 Å². The lowest BCUT2D eigenvalue weighted by molar-refractivity contribution is 0.103. The van der Waals surface area contributed by atoms with Crippen molar-refractivity contribution in [2.75, 3.05) is 0 Å². The summed E-state index contributed by atoms with van der Waals surface area (Å²) in [5.41, 5.74) is 1.42. The summed E-state index contributed by atoms with van der Waals surface area (Å²) in [7, 11) is 0. The Kier molecular flexibility index (Phi) is 4.25. The quantitative estimate of drug-likeness (QED) is 0.425. The van der Waals surface area contributed by atoms with Crippen molar-refractivity contribution < 1.29 is 14.3 Å². The number of benzene rings is 1. The van der Waals surface area contributed by atoms with Gasteiger partial charge in [-0.3, -0.25) is 9.89 Å². The maximum atomic E-state index is 11.9. The topological polar surface area (TPSA) is 92.0 Å². The summed E-state index contributed by atoms with van der Waals surface area (Å²) in [5.74, 6) is -0.0616. The number of aliphatic hydroxyl groups is 1. The lowest BCUT2D eigenvalue weighted by Crippen LogP contribution is -2.00. The van der Waals surface area contributed by atoms with Crippen LogP contribution in [0, 0.1) is 0 Å². The number of H-pyrrole nitrogens is 1. The number of nitrogens with one attached hydrogen (secondary N) is 1. The number of carbonyl (C=O) groups excluding carboxylic acids is 1. The molecule has 0 aliphatic rings. The van der Waals surface area contributed by atoms with Crippen LogP contribution < -0.4 is 0 Å². The Morgan fingerprint density at radius 2 is 2.09 bits per heavy atom. The van der Waals surface area contributed by atoms with Gasteiger partial charge in [0.05, 0.1) is 11.8 Å². The van der Waals surface area contributed by atoms with Gasteiger partial charge in [-0.25, -0.2) is 4.98 Å². The molecule has 3 rings (SSSR count). The van der Waals surface area contributed by atoms with Gasteiger partial charge < -0.3 is 9.52 Å². The van der Waals surface area contributed by atoms with Crippen LogP contribution >= 0.6 is 11.6 Å². The molecule has 2 N–H and O–H groups in total. The molecule has 0 bridgehead atoms. The zero-order chi connectivity index (χ0) is 16.2. The summed E-state index contributed by atoms with van der Waals surface area (Å²) < 4.78 is 5.41. The van der Waals surface area contributed by atoms with Gasteiger partial charge in [0.1, 0.15) is 17.8 Å². The minimum absolute atomic E-state index is 0.0549. The Labute approximate surface area is 136 Å². The summed E-state index contributed by atoms with van der Waals surface area (Å²) in [6, 6.07) is 8.90. The van der Waals surface area contributed by atoms with Crippen LogP contribution in [0.2, 0.25) is 5.02 Å². The van der Waals surface area contributed by atoms with E-state index in [4.69, 9.17) is 16.0 Å². The van der Waals surface area contributed by atoms with Crippen molar-refractivity contribution in [1.82, 2.24) is 15.2 Å². The number of allylic oxidation sites excluding steroid dienone is 1. The number of furan rings is 1. The van der Waals surface area contributed by atoms with Crippen molar-refractivity contribution >= 4 is 23.1 Å². The summed E-state index contributed by atoms with van der Waals surface area (Å²) >= 11 is 5.86. The third-order valence-corrected chi connectivity index (χ3v) is 3.47. The molecule has 23 heavy (non-hydrogen) atoms. The number of aliphatic hydroxyl groups excluding tert-OH is 1. The lowest BCUT2D eigenvalue weighted by atomic mass is 10.1. The molecular formula is C16H12ClN3O3. The lowest BCUT2D eigenvalue weighted by Gasteiger charge is -2.03. The van der Waals surface area contributed by atoms with Crippen LogP contribution in [0.5, 0.6) is 0 Å². The first-order chi connectivity index (χ1) is 11.1. The Hall–Kier alpha value is -2.86. The average Bonchev–Trinajstić information content (AvgIpc) is 3.20. The molecule has 0 aliphatic carbocycles. The maximum Gasteiger partial charge on any atom is 0.226 e. The fraction of sp³-hybridized carbons (Fsp3) is 0.0625. The van der Waals surface area contributed by atoms with Crippen LogP contribution in [-0.2, 0) is 6.42 Å². The molecule has 6 nitrogen and oxygen atoms in total. The molecule has 2 aromatic heterocycles. The summed E-state index contributed by atoms with van der Waals surface area (Å²) in [4.78, 5) is 15.6. The van der Waals surface area contributed by atoms with Gasteiger partial charge in [0.15, 0.2) is 5.82 Å². The number of rotatable bonds is 5. The summed E-state index contributed by atoms with van der Waals surface area (Å²) in [5, 5.41) is 16.9. The molecule has 116 valence electrons. The second-order valence-electron chi connectivity index (χ2n) is 4.79. The molecule has 7 heteroatoms. The smallest absolute Gasteiger partial charge is 0.226 e. The number of halogens is 1. The van der Waals surface area contributed by atoms with Gasteiger partial charge in [0.25, 0.3) is 0 Å². The number of carbonyl (C=O) groups is 1. The highest BCUT2D eigenvalue weighted by atomic mass is 35.5. The van der Waals surface area contributed by atoms with Crippen LogP contribution in [-0.4, -0.2) is 26.1 Å². The predicted molar refractivity (Wildman–Crippen MR) is 84.3 cm³/mol. The second kappa shape index (κ2) is 6.50. The van der Waals surface area contributed by atoms with Gasteiger partial charge in [-0.2, -0.15) is 5.10 Å². The third kappa shape index (κ3) is 3.49. The fourth-order valence-electron chi connectivity index (χ4n) is 2.09. The second-order valence-corrected chi connectivity index (χ2v) is 5.23. The Morgan fingerprint density at radius 3 is 2.78 bits per heavy atom. The Bertz CT molecular complexity index is 836. The highest BCUT2D eigenvalue weighted by Gasteiger charge is 2.14. The molecular weight excluding hydrogens is 318 g/mol. The van der Waals surface area contributed by atoms with E-state index in [9.17, 15) is 9.90 Å². The molecule has 0 radical (unpaired) electrons. The molecule has 0 unspecified atom stereocenters. The minimum atomic E-state index is -0.473. The molecule has 0 saturated heterocycles. The molecule has 0 fully saturated rings. The number of nitrogens with zero attached hydrogens (tertiary/aromatic N) is 2. The largest absolute Gasteiger partial charge is 0.507 e. The van der Waals surface area contributed by atoms with E-state index in [0.29, 0.717) is 22.8 Å². The van der Waals surface area contributed by atoms with Gasteiger partial charge >= 0.3 is 0 Å². The number of hydrogen-bond acceptors (Lipinski definition) is 5. The van der Waals surface area contributed by atoms with E-state index in [0.717, 1.165) is 11.6 Å². The molecule has 1 aromatic carbocycles. The normalized spacial score (nSPS) is 11.6. The van der Waals surface area contributed by atoms with E-state index >= 15 is 0 Å². The Balaban J connectivity index is 1.82. The summed E-state index contributed by atoms with van der Waals surface area (Å²) in [6.07, 6.45) is 4.23. The minimum Gasteiger partial charge on any atom is -0.507 e.